The van der Waals surface area contributed by atoms with Crippen molar-refractivity contribution >= 4 is 68.8 Å². The summed E-state index contributed by atoms with van der Waals surface area (Å²) in [7, 11) is 0. The van der Waals surface area contributed by atoms with Crippen LogP contribution in [0.3, 0.4) is 0 Å². The molecule has 13 heteroatoms. The van der Waals surface area contributed by atoms with E-state index in [4.69, 9.17) is 5.73 Å². The number of carboxylic acids is 1. The zero-order valence-electron chi connectivity index (χ0n) is 17.0. The van der Waals surface area contributed by atoms with Gasteiger partial charge in [0.1, 0.15) is 17.1 Å². The average Bonchev–Trinajstić information content (AvgIpc) is 3.40. The highest BCUT2D eigenvalue weighted by Gasteiger charge is 2.54. The van der Waals surface area contributed by atoms with E-state index in [9.17, 15) is 19.5 Å². The summed E-state index contributed by atoms with van der Waals surface area (Å²) in [6.07, 6.45) is 0.00981. The van der Waals surface area contributed by atoms with Gasteiger partial charge in [0, 0.05) is 16.9 Å². The van der Waals surface area contributed by atoms with Crippen molar-refractivity contribution in [1.29, 1.82) is 0 Å². The van der Waals surface area contributed by atoms with E-state index in [0.717, 1.165) is 11.0 Å². The molecule has 2 amide bonds. The molecule has 33 heavy (non-hydrogen) atoms. The minimum absolute atomic E-state index is 0.00913. The lowest BCUT2D eigenvalue weighted by Crippen LogP contribution is -2.70. The van der Waals surface area contributed by atoms with Crippen LogP contribution in [-0.2, 0) is 20.8 Å². The summed E-state index contributed by atoms with van der Waals surface area (Å²) in [5.41, 5.74) is 8.49. The molecule has 0 aliphatic carbocycles. The van der Waals surface area contributed by atoms with Gasteiger partial charge in [-0.25, -0.2) is 14.8 Å². The quantitative estimate of drug-likeness (QED) is 0.279. The molecule has 1 fully saturated rings. The van der Waals surface area contributed by atoms with Gasteiger partial charge in [0.25, 0.3) is 5.91 Å². The Kier molecular flexibility index (Phi) is 5.76. The SMILES string of the molecule is Nc1nc(CC(=O)NC2C(=O)N3C(C(=O)O)=C(CSc4nc5ccccc5[nH]4)CS[C@H]23)cs1. The van der Waals surface area contributed by atoms with Gasteiger partial charge in [0.05, 0.1) is 23.1 Å². The first-order valence-electron chi connectivity index (χ1n) is 9.87. The van der Waals surface area contributed by atoms with Crippen LogP contribution in [0, 0.1) is 0 Å². The monoisotopic (exact) mass is 502 g/mol. The first-order chi connectivity index (χ1) is 15.9. The number of rotatable bonds is 7. The van der Waals surface area contributed by atoms with Crippen LogP contribution in [0.15, 0.2) is 46.1 Å². The number of carbonyl (C=O) groups is 3. The number of benzene rings is 1. The van der Waals surface area contributed by atoms with E-state index in [1.54, 1.807) is 5.38 Å². The number of β-lactam (4-membered cyclic amide) rings is 1. The van der Waals surface area contributed by atoms with E-state index >= 15 is 0 Å². The molecule has 0 spiro atoms. The molecule has 5 N–H and O–H groups in total. The molecule has 3 aromatic rings. The number of thioether (sulfide) groups is 2. The first kappa shape index (κ1) is 21.8. The summed E-state index contributed by atoms with van der Waals surface area (Å²) >= 11 is 4.07. The molecular formula is C20H18N6O4S3. The summed E-state index contributed by atoms with van der Waals surface area (Å²) in [5, 5.41) is 14.8. The number of anilines is 1. The van der Waals surface area contributed by atoms with E-state index in [-0.39, 0.29) is 18.0 Å². The molecule has 1 unspecified atom stereocenters. The molecule has 0 radical (unpaired) electrons. The number of carbonyl (C=O) groups excluding carboxylic acids is 2. The van der Waals surface area contributed by atoms with Crippen LogP contribution in [0.5, 0.6) is 0 Å². The molecule has 2 aromatic heterocycles. The standard InChI is InChI=1S/C20H18N6O4S3/c21-19-22-10(8-32-19)5-13(27)25-14-16(28)26-15(18(29)30)9(6-31-17(14)26)7-33-20-23-11-3-1-2-4-12(11)24-20/h1-4,8,14,17H,5-7H2,(H2,21,22)(H,23,24)(H,25,27)(H,29,30)/t14?,17-/m1/s1. The lowest BCUT2D eigenvalue weighted by Gasteiger charge is -2.49. The van der Waals surface area contributed by atoms with Crippen molar-refractivity contribution in [1.82, 2.24) is 25.2 Å². The van der Waals surface area contributed by atoms with Gasteiger partial charge in [-0.3, -0.25) is 14.5 Å². The number of nitrogens with one attached hydrogen (secondary N) is 2. The Labute approximate surface area is 200 Å². The zero-order valence-corrected chi connectivity index (χ0v) is 19.4. The topological polar surface area (TPSA) is 154 Å². The van der Waals surface area contributed by atoms with Crippen molar-refractivity contribution in [2.24, 2.45) is 0 Å². The number of carboxylic acid groups (broad SMARTS) is 1. The fraction of sp³-hybridized carbons (Fsp3) is 0.250. The maximum absolute atomic E-state index is 12.8. The number of fused-ring (bicyclic) bond motifs is 2. The number of nitrogens with zero attached hydrogens (tertiary/aromatic N) is 3. The van der Waals surface area contributed by atoms with Gasteiger partial charge in [-0.2, -0.15) is 0 Å². The fourth-order valence-electron chi connectivity index (χ4n) is 3.74. The van der Waals surface area contributed by atoms with Gasteiger partial charge in [0.15, 0.2) is 10.3 Å². The van der Waals surface area contributed by atoms with Crippen LogP contribution in [0.25, 0.3) is 11.0 Å². The average molecular weight is 503 g/mol. The first-order valence-corrected chi connectivity index (χ1v) is 12.8. The highest BCUT2D eigenvalue weighted by atomic mass is 32.2. The van der Waals surface area contributed by atoms with Crippen LogP contribution in [0.2, 0.25) is 0 Å². The third kappa shape index (κ3) is 4.18. The number of aromatic amines is 1. The van der Waals surface area contributed by atoms with Crippen molar-refractivity contribution in [3.05, 3.63) is 46.6 Å². The number of imidazole rings is 1. The van der Waals surface area contributed by atoms with Crippen molar-refractivity contribution in [2.75, 3.05) is 17.2 Å². The molecule has 0 bridgehead atoms. The number of nitrogens with two attached hydrogens (primary N) is 1. The lowest BCUT2D eigenvalue weighted by atomic mass is 10.0. The zero-order chi connectivity index (χ0) is 23.1. The van der Waals surface area contributed by atoms with Crippen molar-refractivity contribution in [3.8, 4) is 0 Å². The normalized spacial score (nSPS) is 20.0. The lowest BCUT2D eigenvalue weighted by molar-refractivity contribution is -0.150. The van der Waals surface area contributed by atoms with Crippen molar-refractivity contribution < 1.29 is 19.5 Å². The smallest absolute Gasteiger partial charge is 0.352 e. The Morgan fingerprint density at radius 3 is 2.88 bits per heavy atom. The third-order valence-electron chi connectivity index (χ3n) is 5.23. The molecule has 2 aliphatic rings. The second kappa shape index (κ2) is 8.72. The molecule has 10 nitrogen and oxygen atoms in total. The minimum atomic E-state index is -1.16. The van der Waals surface area contributed by atoms with E-state index in [1.165, 1.54) is 39.8 Å². The fourth-order valence-corrected chi connectivity index (χ4v) is 6.67. The molecule has 1 saturated heterocycles. The van der Waals surface area contributed by atoms with Crippen molar-refractivity contribution in [3.63, 3.8) is 0 Å². The van der Waals surface area contributed by atoms with Gasteiger partial charge in [-0.1, -0.05) is 23.9 Å². The summed E-state index contributed by atoms with van der Waals surface area (Å²) in [5.74, 6) is -1.12. The number of aromatic nitrogens is 3. The van der Waals surface area contributed by atoms with Gasteiger partial charge in [-0.05, 0) is 17.7 Å². The Morgan fingerprint density at radius 2 is 2.15 bits per heavy atom. The van der Waals surface area contributed by atoms with E-state index < -0.39 is 23.3 Å². The number of H-pyrrole nitrogens is 1. The van der Waals surface area contributed by atoms with Gasteiger partial charge >= 0.3 is 5.97 Å². The van der Waals surface area contributed by atoms with Crippen molar-refractivity contribution in [2.45, 2.75) is 23.0 Å². The number of thiazole rings is 1. The molecule has 5 rings (SSSR count). The van der Waals surface area contributed by atoms with Crippen LogP contribution in [0.1, 0.15) is 5.69 Å². The van der Waals surface area contributed by atoms with E-state index in [0.29, 0.717) is 33.1 Å². The van der Waals surface area contributed by atoms with Gasteiger partial charge < -0.3 is 21.1 Å². The Morgan fingerprint density at radius 1 is 1.33 bits per heavy atom. The Bertz CT molecular complexity index is 1270. The maximum atomic E-state index is 12.8. The van der Waals surface area contributed by atoms with E-state index in [1.807, 2.05) is 24.3 Å². The molecule has 170 valence electrons. The number of hydrogen-bond acceptors (Lipinski definition) is 9. The highest BCUT2D eigenvalue weighted by molar-refractivity contribution is 8.01. The molecular weight excluding hydrogens is 484 g/mol. The van der Waals surface area contributed by atoms with E-state index in [2.05, 4.69) is 20.3 Å². The summed E-state index contributed by atoms with van der Waals surface area (Å²) in [4.78, 5) is 50.2. The van der Waals surface area contributed by atoms with Crippen LogP contribution >= 0.6 is 34.9 Å². The summed E-state index contributed by atoms with van der Waals surface area (Å²) in [6.45, 7) is 0. The number of hydrogen-bond donors (Lipinski definition) is 4. The summed E-state index contributed by atoms with van der Waals surface area (Å²) < 4.78 is 0. The number of aliphatic carboxylic acids is 1. The molecule has 2 atom stereocenters. The predicted molar refractivity (Wildman–Crippen MR) is 127 cm³/mol. The summed E-state index contributed by atoms with van der Waals surface area (Å²) in [6, 6.07) is 6.87. The molecule has 4 heterocycles. The second-order valence-corrected chi connectivity index (χ2v) is 10.4. The largest absolute Gasteiger partial charge is 0.477 e. The Balaban J connectivity index is 1.27. The number of amides is 2. The highest BCUT2D eigenvalue weighted by Crippen LogP contribution is 2.41. The van der Waals surface area contributed by atoms with Gasteiger partial charge in [0.2, 0.25) is 5.91 Å². The van der Waals surface area contributed by atoms with Crippen LogP contribution in [0.4, 0.5) is 5.13 Å². The second-order valence-electron chi connectivity index (χ2n) is 7.41. The molecule has 0 saturated carbocycles. The minimum Gasteiger partial charge on any atom is -0.477 e. The van der Waals surface area contributed by atoms with Crippen LogP contribution < -0.4 is 11.1 Å². The Hall–Kier alpha value is -3.03. The maximum Gasteiger partial charge on any atom is 0.352 e. The third-order valence-corrected chi connectivity index (χ3v) is 8.25. The van der Waals surface area contributed by atoms with Crippen LogP contribution in [-0.4, -0.2) is 65.7 Å². The van der Waals surface area contributed by atoms with Gasteiger partial charge in [-0.15, -0.1) is 23.1 Å². The molecule has 2 aliphatic heterocycles. The predicted octanol–water partition coefficient (Wildman–Crippen LogP) is 1.68. The molecule has 1 aromatic carbocycles. The number of nitrogen functional groups attached to an aromatic ring is 1. The number of para-hydroxylation sites is 2.